The lowest BCUT2D eigenvalue weighted by molar-refractivity contribution is -0.142. The lowest BCUT2D eigenvalue weighted by atomic mass is 9.86. The first-order chi connectivity index (χ1) is 11.5. The minimum absolute atomic E-state index is 0.0370. The summed E-state index contributed by atoms with van der Waals surface area (Å²) in [6.45, 7) is 4.41. The SMILES string of the molecule is CCOc1ccccc1C(C)NC(=O)NC1CCC(C(=O)O)CC1. The third kappa shape index (κ3) is 4.88. The van der Waals surface area contributed by atoms with Crippen molar-refractivity contribution in [2.75, 3.05) is 6.61 Å². The lowest BCUT2D eigenvalue weighted by Gasteiger charge is -2.27. The Kier molecular flexibility index (Phi) is 6.46. The van der Waals surface area contributed by atoms with Gasteiger partial charge in [0.15, 0.2) is 0 Å². The normalized spacial score (nSPS) is 21.6. The number of aliphatic carboxylic acids is 1. The van der Waals surface area contributed by atoms with Crippen LogP contribution in [-0.2, 0) is 4.79 Å². The molecule has 0 bridgehead atoms. The quantitative estimate of drug-likeness (QED) is 0.746. The summed E-state index contributed by atoms with van der Waals surface area (Å²) in [7, 11) is 0. The van der Waals surface area contributed by atoms with Crippen molar-refractivity contribution in [3.05, 3.63) is 29.8 Å². The van der Waals surface area contributed by atoms with E-state index >= 15 is 0 Å². The predicted octanol–water partition coefficient (Wildman–Crippen LogP) is 3.09. The Bertz CT molecular complexity index is 568. The van der Waals surface area contributed by atoms with Gasteiger partial charge in [0.05, 0.1) is 18.6 Å². The van der Waals surface area contributed by atoms with Gasteiger partial charge in [0.1, 0.15) is 5.75 Å². The van der Waals surface area contributed by atoms with Crippen LogP contribution in [0.4, 0.5) is 4.79 Å². The lowest BCUT2D eigenvalue weighted by Crippen LogP contribution is -2.44. The first kappa shape index (κ1) is 18.1. The van der Waals surface area contributed by atoms with Crippen molar-refractivity contribution in [2.24, 2.45) is 5.92 Å². The van der Waals surface area contributed by atoms with E-state index in [4.69, 9.17) is 9.84 Å². The maximum Gasteiger partial charge on any atom is 0.315 e. The van der Waals surface area contributed by atoms with Gasteiger partial charge in [-0.1, -0.05) is 18.2 Å². The molecular formula is C18H26N2O4. The topological polar surface area (TPSA) is 87.7 Å². The summed E-state index contributed by atoms with van der Waals surface area (Å²) in [5.41, 5.74) is 0.934. The molecule has 0 aromatic heterocycles. The summed E-state index contributed by atoms with van der Waals surface area (Å²) in [4.78, 5) is 23.2. The Labute approximate surface area is 142 Å². The summed E-state index contributed by atoms with van der Waals surface area (Å²) in [6.07, 6.45) is 2.63. The number of para-hydroxylation sites is 1. The zero-order valence-corrected chi connectivity index (χ0v) is 14.2. The molecule has 1 aromatic rings. The largest absolute Gasteiger partial charge is 0.494 e. The van der Waals surface area contributed by atoms with Gasteiger partial charge in [0, 0.05) is 11.6 Å². The van der Waals surface area contributed by atoms with Crippen molar-refractivity contribution in [3.63, 3.8) is 0 Å². The van der Waals surface area contributed by atoms with Gasteiger partial charge in [0.2, 0.25) is 0 Å². The van der Waals surface area contributed by atoms with E-state index in [-0.39, 0.29) is 24.0 Å². The second-order valence-electron chi connectivity index (χ2n) is 6.20. The fourth-order valence-corrected chi connectivity index (χ4v) is 3.11. The van der Waals surface area contributed by atoms with E-state index in [0.717, 1.165) is 11.3 Å². The molecule has 132 valence electrons. The first-order valence-electron chi connectivity index (χ1n) is 8.52. The van der Waals surface area contributed by atoms with Crippen LogP contribution < -0.4 is 15.4 Å². The number of carboxylic acid groups (broad SMARTS) is 1. The van der Waals surface area contributed by atoms with Gasteiger partial charge in [-0.05, 0) is 45.6 Å². The number of amides is 2. The van der Waals surface area contributed by atoms with Crippen molar-refractivity contribution >= 4 is 12.0 Å². The van der Waals surface area contributed by atoms with E-state index in [9.17, 15) is 9.59 Å². The molecule has 6 nitrogen and oxygen atoms in total. The smallest absolute Gasteiger partial charge is 0.315 e. The van der Waals surface area contributed by atoms with Crippen LogP contribution in [0.25, 0.3) is 0 Å². The van der Waals surface area contributed by atoms with Crippen molar-refractivity contribution in [2.45, 2.75) is 51.6 Å². The predicted molar refractivity (Wildman–Crippen MR) is 91.1 cm³/mol. The van der Waals surface area contributed by atoms with E-state index in [1.54, 1.807) is 0 Å². The molecule has 1 atom stereocenters. The van der Waals surface area contributed by atoms with Gasteiger partial charge >= 0.3 is 12.0 Å². The number of hydrogen-bond acceptors (Lipinski definition) is 3. The summed E-state index contributed by atoms with van der Waals surface area (Å²) < 4.78 is 5.60. The summed E-state index contributed by atoms with van der Waals surface area (Å²) in [5.74, 6) is -0.239. The van der Waals surface area contributed by atoms with E-state index in [0.29, 0.717) is 32.3 Å². The zero-order chi connectivity index (χ0) is 17.5. The highest BCUT2D eigenvalue weighted by molar-refractivity contribution is 5.75. The number of carbonyl (C=O) groups excluding carboxylic acids is 1. The van der Waals surface area contributed by atoms with E-state index in [2.05, 4.69) is 10.6 Å². The molecule has 0 spiro atoms. The molecular weight excluding hydrogens is 308 g/mol. The molecule has 24 heavy (non-hydrogen) atoms. The third-order valence-electron chi connectivity index (χ3n) is 4.44. The highest BCUT2D eigenvalue weighted by Crippen LogP contribution is 2.26. The highest BCUT2D eigenvalue weighted by atomic mass is 16.5. The number of benzene rings is 1. The van der Waals surface area contributed by atoms with Crippen LogP contribution in [0.3, 0.4) is 0 Å². The molecule has 1 unspecified atom stereocenters. The Morgan fingerprint density at radius 3 is 2.54 bits per heavy atom. The number of carboxylic acids is 1. The molecule has 6 heteroatoms. The van der Waals surface area contributed by atoms with Crippen LogP contribution in [0, 0.1) is 5.92 Å². The van der Waals surface area contributed by atoms with Gasteiger partial charge in [-0.3, -0.25) is 4.79 Å². The van der Waals surface area contributed by atoms with E-state index < -0.39 is 5.97 Å². The van der Waals surface area contributed by atoms with Crippen LogP contribution in [0.15, 0.2) is 24.3 Å². The highest BCUT2D eigenvalue weighted by Gasteiger charge is 2.27. The molecule has 0 aliphatic heterocycles. The second kappa shape index (κ2) is 8.57. The number of rotatable bonds is 6. The maximum atomic E-state index is 12.2. The molecule has 2 rings (SSSR count). The Morgan fingerprint density at radius 1 is 1.25 bits per heavy atom. The Hall–Kier alpha value is -2.24. The molecule has 0 radical (unpaired) electrons. The minimum atomic E-state index is -0.737. The summed E-state index contributed by atoms with van der Waals surface area (Å²) >= 11 is 0. The van der Waals surface area contributed by atoms with Crippen molar-refractivity contribution in [1.29, 1.82) is 0 Å². The van der Waals surface area contributed by atoms with Gasteiger partial charge in [-0.25, -0.2) is 4.79 Å². The Morgan fingerprint density at radius 2 is 1.92 bits per heavy atom. The van der Waals surface area contributed by atoms with Crippen LogP contribution >= 0.6 is 0 Å². The second-order valence-corrected chi connectivity index (χ2v) is 6.20. The summed E-state index contributed by atoms with van der Waals surface area (Å²) in [6, 6.07) is 7.28. The minimum Gasteiger partial charge on any atom is -0.494 e. The average molecular weight is 334 g/mol. The maximum absolute atomic E-state index is 12.2. The van der Waals surface area contributed by atoms with Crippen LogP contribution in [-0.4, -0.2) is 29.8 Å². The molecule has 1 aromatic carbocycles. The van der Waals surface area contributed by atoms with Gasteiger partial charge in [-0.2, -0.15) is 0 Å². The number of hydrogen-bond donors (Lipinski definition) is 3. The van der Waals surface area contributed by atoms with Gasteiger partial charge in [0.25, 0.3) is 0 Å². The third-order valence-corrected chi connectivity index (χ3v) is 4.44. The molecule has 3 N–H and O–H groups in total. The molecule has 0 heterocycles. The van der Waals surface area contributed by atoms with Crippen LogP contribution in [0.5, 0.6) is 5.75 Å². The monoisotopic (exact) mass is 334 g/mol. The summed E-state index contributed by atoms with van der Waals surface area (Å²) in [5, 5.41) is 14.9. The van der Waals surface area contributed by atoms with E-state index in [1.165, 1.54) is 0 Å². The Balaban J connectivity index is 1.85. The number of carbonyl (C=O) groups is 2. The van der Waals surface area contributed by atoms with Crippen LogP contribution in [0.2, 0.25) is 0 Å². The molecule has 0 saturated heterocycles. The molecule has 1 aliphatic carbocycles. The van der Waals surface area contributed by atoms with Crippen molar-refractivity contribution in [3.8, 4) is 5.75 Å². The van der Waals surface area contributed by atoms with Crippen molar-refractivity contribution in [1.82, 2.24) is 10.6 Å². The van der Waals surface area contributed by atoms with Crippen molar-refractivity contribution < 1.29 is 19.4 Å². The standard InChI is InChI=1S/C18H26N2O4/c1-3-24-16-7-5-4-6-15(16)12(2)19-18(23)20-14-10-8-13(9-11-14)17(21)22/h4-7,12-14H,3,8-11H2,1-2H3,(H,21,22)(H2,19,20,23). The van der Waals surface area contributed by atoms with E-state index in [1.807, 2.05) is 38.1 Å². The first-order valence-corrected chi connectivity index (χ1v) is 8.52. The molecule has 1 aliphatic rings. The van der Waals surface area contributed by atoms with Gasteiger partial charge in [-0.15, -0.1) is 0 Å². The average Bonchev–Trinajstić information content (AvgIpc) is 2.56. The number of nitrogens with one attached hydrogen (secondary N) is 2. The van der Waals surface area contributed by atoms with Gasteiger partial charge < -0.3 is 20.5 Å². The fourth-order valence-electron chi connectivity index (χ4n) is 3.11. The van der Waals surface area contributed by atoms with Crippen LogP contribution in [0.1, 0.15) is 51.1 Å². The molecule has 1 fully saturated rings. The number of urea groups is 1. The zero-order valence-electron chi connectivity index (χ0n) is 14.2. The molecule has 1 saturated carbocycles. The molecule has 2 amide bonds. The number of ether oxygens (including phenoxy) is 1. The fraction of sp³-hybridized carbons (Fsp3) is 0.556.